The van der Waals surface area contributed by atoms with E-state index in [2.05, 4.69) is 0 Å². The molecule has 7 heteroatoms. The first-order valence-electron chi connectivity index (χ1n) is 10.9. The predicted octanol–water partition coefficient (Wildman–Crippen LogP) is 5.01. The molecule has 1 fully saturated rings. The van der Waals surface area contributed by atoms with Gasteiger partial charge >= 0.3 is 5.97 Å². The average molecular weight is 461 g/mol. The van der Waals surface area contributed by atoms with E-state index in [1.807, 2.05) is 32.0 Å². The second-order valence-corrected chi connectivity index (χ2v) is 8.29. The number of carbonyl (C=O) groups is 3. The van der Waals surface area contributed by atoms with Crippen LogP contribution in [0.1, 0.15) is 27.9 Å². The highest BCUT2D eigenvalue weighted by Crippen LogP contribution is 2.29. The van der Waals surface area contributed by atoms with E-state index in [0.29, 0.717) is 11.4 Å². The monoisotopic (exact) mass is 461 g/mol. The molecule has 1 heterocycles. The molecule has 0 unspecified atom stereocenters. The van der Waals surface area contributed by atoms with Gasteiger partial charge in [-0.2, -0.15) is 0 Å². The van der Waals surface area contributed by atoms with Gasteiger partial charge in [-0.3, -0.25) is 14.4 Å². The first kappa shape index (κ1) is 23.2. The van der Waals surface area contributed by atoms with Crippen LogP contribution in [-0.2, 0) is 14.3 Å². The van der Waals surface area contributed by atoms with E-state index in [-0.39, 0.29) is 24.4 Å². The number of hydrogen-bond donors (Lipinski definition) is 0. The zero-order valence-electron chi connectivity index (χ0n) is 18.9. The Morgan fingerprint density at radius 2 is 1.62 bits per heavy atom. The molecule has 1 aliphatic rings. The fraction of sp³-hybridized carbons (Fsp3) is 0.222. The molecular formula is C27H24FNO5. The Bertz CT molecular complexity index is 1220. The van der Waals surface area contributed by atoms with Crippen LogP contribution < -0.4 is 9.64 Å². The van der Waals surface area contributed by atoms with Gasteiger partial charge in [0, 0.05) is 24.2 Å². The Hall–Kier alpha value is -4.00. The number of rotatable bonds is 7. The molecular weight excluding hydrogens is 437 g/mol. The van der Waals surface area contributed by atoms with Crippen LogP contribution in [0, 0.1) is 25.6 Å². The van der Waals surface area contributed by atoms with Gasteiger partial charge in [0.1, 0.15) is 17.3 Å². The highest BCUT2D eigenvalue weighted by atomic mass is 19.1. The summed E-state index contributed by atoms with van der Waals surface area (Å²) in [7, 11) is 0. The number of esters is 1. The molecule has 3 aromatic carbocycles. The minimum absolute atomic E-state index is 0.00443. The van der Waals surface area contributed by atoms with Crippen LogP contribution in [0.2, 0.25) is 0 Å². The zero-order valence-corrected chi connectivity index (χ0v) is 18.9. The van der Waals surface area contributed by atoms with E-state index in [1.165, 1.54) is 34.7 Å². The predicted molar refractivity (Wildman–Crippen MR) is 125 cm³/mol. The number of Topliss-reactive ketones (excluding diaryl/α,β-unsaturated/α-hetero) is 1. The normalized spacial score (nSPS) is 15.3. The highest BCUT2D eigenvalue weighted by molar-refractivity contribution is 6.01. The lowest BCUT2D eigenvalue weighted by molar-refractivity contribution is -0.147. The number of anilines is 1. The van der Waals surface area contributed by atoms with Gasteiger partial charge in [-0.05, 0) is 85.6 Å². The molecule has 4 rings (SSSR count). The Morgan fingerprint density at radius 3 is 2.29 bits per heavy atom. The number of nitrogens with zero attached hydrogens (tertiary/aromatic N) is 1. The van der Waals surface area contributed by atoms with Gasteiger partial charge in [0.15, 0.2) is 12.4 Å². The summed E-state index contributed by atoms with van der Waals surface area (Å²) in [5.74, 6) is -1.01. The van der Waals surface area contributed by atoms with Crippen LogP contribution >= 0.6 is 0 Å². The number of benzene rings is 3. The van der Waals surface area contributed by atoms with Crippen LogP contribution in [-0.4, -0.2) is 30.8 Å². The van der Waals surface area contributed by atoms with Crippen LogP contribution in [0.25, 0.3) is 0 Å². The van der Waals surface area contributed by atoms with Gasteiger partial charge in [0.2, 0.25) is 5.91 Å². The van der Waals surface area contributed by atoms with Crippen molar-refractivity contribution in [2.24, 2.45) is 5.92 Å². The van der Waals surface area contributed by atoms with Crippen molar-refractivity contribution in [1.82, 2.24) is 0 Å². The molecule has 1 amide bonds. The molecule has 0 aromatic heterocycles. The number of halogens is 1. The molecule has 3 aromatic rings. The number of ketones is 1. The topological polar surface area (TPSA) is 72.9 Å². The molecule has 0 spiro atoms. The van der Waals surface area contributed by atoms with Crippen molar-refractivity contribution in [3.05, 3.63) is 89.2 Å². The molecule has 0 aliphatic carbocycles. The minimum Gasteiger partial charge on any atom is -0.457 e. The standard InChI is InChI=1S/C27H24FNO5/c1-17-3-10-24(13-18(17)2)34-23-11-8-22(9-12-23)29-15-20(14-26(29)31)27(32)33-16-25(30)19-4-6-21(28)7-5-19/h3-13,20H,14-16H2,1-2H3/t20-/m0/s1. The largest absolute Gasteiger partial charge is 0.457 e. The lowest BCUT2D eigenvalue weighted by Crippen LogP contribution is -2.27. The molecule has 1 aliphatic heterocycles. The molecule has 34 heavy (non-hydrogen) atoms. The quantitative estimate of drug-likeness (QED) is 0.365. The summed E-state index contributed by atoms with van der Waals surface area (Å²) in [6.45, 7) is 3.76. The van der Waals surface area contributed by atoms with Gasteiger partial charge in [0.25, 0.3) is 0 Å². The Morgan fingerprint density at radius 1 is 0.941 bits per heavy atom. The third-order valence-electron chi connectivity index (χ3n) is 5.83. The van der Waals surface area contributed by atoms with Gasteiger partial charge in [-0.15, -0.1) is 0 Å². The summed E-state index contributed by atoms with van der Waals surface area (Å²) in [4.78, 5) is 38.6. The number of ether oxygens (including phenoxy) is 2. The van der Waals surface area contributed by atoms with Crippen molar-refractivity contribution in [1.29, 1.82) is 0 Å². The third kappa shape index (κ3) is 5.31. The molecule has 6 nitrogen and oxygen atoms in total. The van der Waals surface area contributed by atoms with Crippen molar-refractivity contribution < 1.29 is 28.2 Å². The first-order valence-corrected chi connectivity index (χ1v) is 10.9. The van der Waals surface area contributed by atoms with Crippen LogP contribution in [0.3, 0.4) is 0 Å². The minimum atomic E-state index is -0.667. The van der Waals surface area contributed by atoms with Gasteiger partial charge in [-0.25, -0.2) is 4.39 Å². The van der Waals surface area contributed by atoms with E-state index in [9.17, 15) is 18.8 Å². The lowest BCUT2D eigenvalue weighted by atomic mass is 10.1. The Labute approximate surface area is 196 Å². The number of aryl methyl sites for hydroxylation is 2. The summed E-state index contributed by atoms with van der Waals surface area (Å²) in [5.41, 5.74) is 3.22. The molecule has 0 bridgehead atoms. The number of carbonyl (C=O) groups excluding carboxylic acids is 3. The molecule has 1 saturated heterocycles. The Kier molecular flexibility index (Phi) is 6.72. The maximum absolute atomic E-state index is 13.0. The summed E-state index contributed by atoms with van der Waals surface area (Å²) in [6, 6.07) is 17.9. The Balaban J connectivity index is 1.33. The summed E-state index contributed by atoms with van der Waals surface area (Å²) in [6.07, 6.45) is 0.00443. The second-order valence-electron chi connectivity index (χ2n) is 8.29. The fourth-order valence-electron chi connectivity index (χ4n) is 3.70. The van der Waals surface area contributed by atoms with Crippen molar-refractivity contribution in [2.45, 2.75) is 20.3 Å². The van der Waals surface area contributed by atoms with Gasteiger partial charge < -0.3 is 14.4 Å². The van der Waals surface area contributed by atoms with E-state index < -0.39 is 30.1 Å². The lowest BCUT2D eigenvalue weighted by Gasteiger charge is -2.17. The average Bonchev–Trinajstić information content (AvgIpc) is 3.22. The SMILES string of the molecule is Cc1ccc(Oc2ccc(N3C[C@@H](C(=O)OCC(=O)c4ccc(F)cc4)CC3=O)cc2)cc1C. The van der Waals surface area contributed by atoms with Gasteiger partial charge in [0.05, 0.1) is 5.92 Å². The number of amides is 1. The zero-order chi connectivity index (χ0) is 24.2. The first-order chi connectivity index (χ1) is 16.3. The molecule has 0 N–H and O–H groups in total. The van der Waals surface area contributed by atoms with Gasteiger partial charge in [-0.1, -0.05) is 6.07 Å². The van der Waals surface area contributed by atoms with E-state index in [4.69, 9.17) is 9.47 Å². The van der Waals surface area contributed by atoms with Crippen molar-refractivity contribution in [3.63, 3.8) is 0 Å². The highest BCUT2D eigenvalue weighted by Gasteiger charge is 2.36. The summed E-state index contributed by atoms with van der Waals surface area (Å²) in [5, 5.41) is 0. The maximum atomic E-state index is 13.0. The smallest absolute Gasteiger partial charge is 0.311 e. The van der Waals surface area contributed by atoms with Crippen molar-refractivity contribution in [3.8, 4) is 11.5 Å². The third-order valence-corrected chi connectivity index (χ3v) is 5.83. The van der Waals surface area contributed by atoms with Crippen LogP contribution in [0.4, 0.5) is 10.1 Å². The molecule has 1 atom stereocenters. The van der Waals surface area contributed by atoms with E-state index in [1.54, 1.807) is 24.3 Å². The van der Waals surface area contributed by atoms with E-state index >= 15 is 0 Å². The van der Waals surface area contributed by atoms with E-state index in [0.717, 1.165) is 11.3 Å². The van der Waals surface area contributed by atoms with Crippen LogP contribution in [0.15, 0.2) is 66.7 Å². The maximum Gasteiger partial charge on any atom is 0.311 e. The molecule has 174 valence electrons. The van der Waals surface area contributed by atoms with Crippen LogP contribution in [0.5, 0.6) is 11.5 Å². The fourth-order valence-corrected chi connectivity index (χ4v) is 3.70. The summed E-state index contributed by atoms with van der Waals surface area (Å²) < 4.78 is 24.0. The van der Waals surface area contributed by atoms with Crippen molar-refractivity contribution in [2.75, 3.05) is 18.1 Å². The molecule has 0 radical (unpaired) electrons. The summed E-state index contributed by atoms with van der Waals surface area (Å²) >= 11 is 0. The van der Waals surface area contributed by atoms with Crippen molar-refractivity contribution >= 4 is 23.3 Å². The number of hydrogen-bond acceptors (Lipinski definition) is 5. The second kappa shape index (κ2) is 9.87. The molecule has 0 saturated carbocycles.